The second-order valence-electron chi connectivity index (χ2n) is 10.5. The Labute approximate surface area is 246 Å². The van der Waals surface area contributed by atoms with Gasteiger partial charge in [0.15, 0.2) is 0 Å². The van der Waals surface area contributed by atoms with Gasteiger partial charge in [-0.3, -0.25) is 14.5 Å². The Hall–Kier alpha value is -4.33. The van der Waals surface area contributed by atoms with E-state index in [9.17, 15) is 23.3 Å². The third-order valence-corrected chi connectivity index (χ3v) is 9.62. The summed E-state index contributed by atoms with van der Waals surface area (Å²) in [6.07, 6.45) is 7.62. The molecule has 0 unspecified atom stereocenters. The van der Waals surface area contributed by atoms with Crippen molar-refractivity contribution in [3.63, 3.8) is 0 Å². The quantitative estimate of drug-likeness (QED) is 0.269. The van der Waals surface area contributed by atoms with Crippen molar-refractivity contribution < 1.29 is 18.0 Å². The fourth-order valence-electron chi connectivity index (χ4n) is 5.27. The Bertz CT molecular complexity index is 1710. The van der Waals surface area contributed by atoms with Crippen LogP contribution in [0.4, 0.5) is 0 Å². The van der Waals surface area contributed by atoms with Crippen LogP contribution in [0.3, 0.4) is 0 Å². The maximum Gasteiger partial charge on any atom is 0.271 e. The minimum atomic E-state index is -3.60. The number of para-hydroxylation sites is 1. The molecular formula is C32H33N5O4S. The SMILES string of the molecule is CCCCN1C(=O)C(C#N)=C(C)/C(=C\c2cn(-c3ccccc3)nc2-c2ccc(S(=O)(=O)N3CCCCC3)cc2)C1=O. The molecule has 216 valence electrons. The number of imide groups is 1. The van der Waals surface area contributed by atoms with Crippen molar-refractivity contribution in [2.75, 3.05) is 19.6 Å². The van der Waals surface area contributed by atoms with Gasteiger partial charge >= 0.3 is 0 Å². The van der Waals surface area contributed by atoms with E-state index in [0.29, 0.717) is 41.9 Å². The number of hydrogen-bond acceptors (Lipinski definition) is 6. The molecule has 0 bridgehead atoms. The highest BCUT2D eigenvalue weighted by molar-refractivity contribution is 7.89. The third-order valence-electron chi connectivity index (χ3n) is 7.70. The predicted molar refractivity (Wildman–Crippen MR) is 160 cm³/mol. The molecule has 2 amide bonds. The standard InChI is InChI=1S/C32H33N5O4S/c1-3-4-19-36-31(38)28(23(2)29(21-33)32(36)39)20-25-22-37(26-11-7-5-8-12-26)34-30(25)24-13-15-27(16-14-24)42(40,41)35-17-9-6-10-18-35/h5,7-8,11-16,20,22H,3-4,6,9-10,17-19H2,1-2H3/b28-20+. The number of nitriles is 1. The molecule has 0 spiro atoms. The summed E-state index contributed by atoms with van der Waals surface area (Å²) in [6, 6.07) is 18.1. The van der Waals surface area contributed by atoms with E-state index >= 15 is 0 Å². The highest BCUT2D eigenvalue weighted by Crippen LogP contribution is 2.32. The molecule has 0 saturated carbocycles. The number of nitrogens with zero attached hydrogens (tertiary/aromatic N) is 5. The van der Waals surface area contributed by atoms with Crippen LogP contribution in [0.2, 0.25) is 0 Å². The van der Waals surface area contributed by atoms with E-state index in [1.165, 1.54) is 4.31 Å². The van der Waals surface area contributed by atoms with Gasteiger partial charge in [0.2, 0.25) is 10.0 Å². The highest BCUT2D eigenvalue weighted by Gasteiger charge is 2.35. The van der Waals surface area contributed by atoms with Crippen LogP contribution >= 0.6 is 0 Å². The molecule has 42 heavy (non-hydrogen) atoms. The summed E-state index contributed by atoms with van der Waals surface area (Å²) < 4.78 is 29.7. The van der Waals surface area contributed by atoms with Gasteiger partial charge in [0.1, 0.15) is 11.6 Å². The second kappa shape index (κ2) is 12.3. The van der Waals surface area contributed by atoms with Gasteiger partial charge in [-0.25, -0.2) is 13.1 Å². The molecule has 0 N–H and O–H groups in total. The lowest BCUT2D eigenvalue weighted by Crippen LogP contribution is -2.43. The summed E-state index contributed by atoms with van der Waals surface area (Å²) in [5, 5.41) is 14.6. The van der Waals surface area contributed by atoms with Crippen molar-refractivity contribution in [1.29, 1.82) is 5.26 Å². The number of carbonyl (C=O) groups is 2. The molecule has 3 heterocycles. The zero-order chi connectivity index (χ0) is 29.9. The molecule has 0 atom stereocenters. The lowest BCUT2D eigenvalue weighted by atomic mass is 9.93. The topological polar surface area (TPSA) is 116 Å². The molecule has 2 aromatic carbocycles. The van der Waals surface area contributed by atoms with Crippen LogP contribution in [0.25, 0.3) is 23.0 Å². The maximum atomic E-state index is 13.5. The predicted octanol–water partition coefficient (Wildman–Crippen LogP) is 5.11. The van der Waals surface area contributed by atoms with Crippen molar-refractivity contribution in [1.82, 2.24) is 19.0 Å². The average Bonchev–Trinajstić information content (AvgIpc) is 3.44. The molecule has 0 aliphatic carbocycles. The van der Waals surface area contributed by atoms with Crippen molar-refractivity contribution in [2.45, 2.75) is 50.8 Å². The Morgan fingerprint density at radius 3 is 2.31 bits per heavy atom. The Balaban J connectivity index is 1.60. The van der Waals surface area contributed by atoms with Gasteiger partial charge in [-0.05, 0) is 62.1 Å². The summed E-state index contributed by atoms with van der Waals surface area (Å²) in [6.45, 7) is 4.85. The molecule has 1 fully saturated rings. The van der Waals surface area contributed by atoms with Crippen molar-refractivity contribution >= 4 is 27.9 Å². The molecule has 2 aliphatic heterocycles. The number of benzene rings is 2. The first kappa shape index (κ1) is 29.2. The van der Waals surface area contributed by atoms with Gasteiger partial charge in [0.05, 0.1) is 16.3 Å². The molecule has 2 aliphatic rings. The van der Waals surface area contributed by atoms with Gasteiger partial charge < -0.3 is 0 Å². The Kier molecular flexibility index (Phi) is 8.52. The summed E-state index contributed by atoms with van der Waals surface area (Å²) in [5.41, 5.74) is 3.11. The number of sulfonamides is 1. The lowest BCUT2D eigenvalue weighted by molar-refractivity contribution is -0.140. The van der Waals surface area contributed by atoms with E-state index in [2.05, 4.69) is 0 Å². The average molecular weight is 584 g/mol. The normalized spacial score (nSPS) is 17.6. The highest BCUT2D eigenvalue weighted by atomic mass is 32.2. The summed E-state index contributed by atoms with van der Waals surface area (Å²) >= 11 is 0. The van der Waals surface area contributed by atoms with Crippen LogP contribution in [0.15, 0.2) is 82.4 Å². The number of carbonyl (C=O) groups excluding carboxylic acids is 2. The van der Waals surface area contributed by atoms with Crippen molar-refractivity contribution in [3.8, 4) is 23.0 Å². The zero-order valence-corrected chi connectivity index (χ0v) is 24.6. The maximum absolute atomic E-state index is 13.5. The van der Waals surface area contributed by atoms with Gasteiger partial charge in [-0.15, -0.1) is 0 Å². The molecule has 1 saturated heterocycles. The first-order valence-electron chi connectivity index (χ1n) is 14.2. The summed E-state index contributed by atoms with van der Waals surface area (Å²) in [7, 11) is -3.60. The first-order chi connectivity index (χ1) is 20.3. The van der Waals surface area contributed by atoms with Crippen LogP contribution in [-0.2, 0) is 19.6 Å². The number of hydrogen-bond donors (Lipinski definition) is 0. The molecular weight excluding hydrogens is 550 g/mol. The van der Waals surface area contributed by atoms with Gasteiger partial charge in [-0.1, -0.05) is 50.1 Å². The van der Waals surface area contributed by atoms with Gasteiger partial charge in [0.25, 0.3) is 11.8 Å². The van der Waals surface area contributed by atoms with Crippen molar-refractivity contribution in [3.05, 3.63) is 83.1 Å². The van der Waals surface area contributed by atoms with E-state index in [-0.39, 0.29) is 22.6 Å². The van der Waals surface area contributed by atoms with E-state index in [0.717, 1.165) is 36.3 Å². The summed E-state index contributed by atoms with van der Waals surface area (Å²) in [4.78, 5) is 27.8. The van der Waals surface area contributed by atoms with E-state index < -0.39 is 21.8 Å². The Morgan fingerprint density at radius 1 is 0.976 bits per heavy atom. The monoisotopic (exact) mass is 583 g/mol. The zero-order valence-electron chi connectivity index (χ0n) is 23.8. The fourth-order valence-corrected chi connectivity index (χ4v) is 6.79. The smallest absolute Gasteiger partial charge is 0.271 e. The van der Waals surface area contributed by atoms with Crippen molar-refractivity contribution in [2.24, 2.45) is 0 Å². The van der Waals surface area contributed by atoms with Crippen LogP contribution in [-0.4, -0.2) is 58.9 Å². The molecule has 5 rings (SSSR count). The van der Waals surface area contributed by atoms with E-state index in [4.69, 9.17) is 5.10 Å². The largest absolute Gasteiger partial charge is 0.274 e. The van der Waals surface area contributed by atoms with Gasteiger partial charge in [-0.2, -0.15) is 14.7 Å². The minimum Gasteiger partial charge on any atom is -0.274 e. The second-order valence-corrected chi connectivity index (χ2v) is 12.4. The molecule has 1 aromatic heterocycles. The molecule has 3 aromatic rings. The van der Waals surface area contributed by atoms with Crippen LogP contribution in [0.1, 0.15) is 51.5 Å². The van der Waals surface area contributed by atoms with E-state index in [1.54, 1.807) is 48.1 Å². The van der Waals surface area contributed by atoms with Crippen LogP contribution in [0, 0.1) is 11.3 Å². The lowest BCUT2D eigenvalue weighted by Gasteiger charge is -2.27. The molecule has 0 radical (unpaired) electrons. The molecule has 10 heteroatoms. The third kappa shape index (κ3) is 5.58. The minimum absolute atomic E-state index is 0.0544. The van der Waals surface area contributed by atoms with Crippen LogP contribution < -0.4 is 0 Å². The number of aromatic nitrogens is 2. The van der Waals surface area contributed by atoms with Crippen LogP contribution in [0.5, 0.6) is 0 Å². The fraction of sp³-hybridized carbons (Fsp3) is 0.312. The number of rotatable bonds is 8. The Morgan fingerprint density at radius 2 is 1.67 bits per heavy atom. The van der Waals surface area contributed by atoms with E-state index in [1.807, 2.05) is 43.3 Å². The first-order valence-corrected chi connectivity index (χ1v) is 15.6. The number of piperidine rings is 1. The number of unbranched alkanes of at least 4 members (excludes halogenated alkanes) is 1. The summed E-state index contributed by atoms with van der Waals surface area (Å²) in [5.74, 6) is -1.03. The number of amides is 2. The van der Waals surface area contributed by atoms with Gasteiger partial charge in [0, 0.05) is 42.5 Å². The molecule has 9 nitrogen and oxygen atoms in total.